The molecule has 1 saturated heterocycles. The van der Waals surface area contributed by atoms with Crippen molar-refractivity contribution in [3.63, 3.8) is 0 Å². The number of nitrogens with zero attached hydrogens (tertiary/aromatic N) is 1. The minimum Gasteiger partial charge on any atom is -0.437 e. The van der Waals surface area contributed by atoms with Crippen molar-refractivity contribution in [2.24, 2.45) is 5.92 Å². The third-order valence-electron chi connectivity index (χ3n) is 3.05. The van der Waals surface area contributed by atoms with Gasteiger partial charge in [0.15, 0.2) is 0 Å². The average molecular weight is 199 g/mol. The van der Waals surface area contributed by atoms with Gasteiger partial charge in [-0.1, -0.05) is 13.8 Å². The first-order valence-electron chi connectivity index (χ1n) is 5.57. The first-order valence-corrected chi connectivity index (χ1v) is 5.57. The normalized spacial score (nSPS) is 22.7. The smallest absolute Gasteiger partial charge is 0.376 e. The molecule has 0 bridgehead atoms. The van der Waals surface area contributed by atoms with Crippen LogP contribution in [0.1, 0.15) is 33.1 Å². The fourth-order valence-electron chi connectivity index (χ4n) is 2.28. The standard InChI is InChI=1S/C10H22BNO2/c1-9(2)8-10(13)4-6-12(7-5-10)11(3)14/h9,13-14H,4-8H2,1-3H3. The maximum absolute atomic E-state index is 10.2. The van der Waals surface area contributed by atoms with Crippen LogP contribution in [-0.2, 0) is 0 Å². The molecular formula is C10H22BNO2. The summed E-state index contributed by atoms with van der Waals surface area (Å²) in [5, 5.41) is 19.6. The van der Waals surface area contributed by atoms with Gasteiger partial charge in [0.05, 0.1) is 5.60 Å². The molecule has 1 fully saturated rings. The fourth-order valence-corrected chi connectivity index (χ4v) is 2.28. The Morgan fingerprint density at radius 2 is 1.86 bits per heavy atom. The maximum Gasteiger partial charge on any atom is 0.376 e. The van der Waals surface area contributed by atoms with Crippen LogP contribution in [0.25, 0.3) is 0 Å². The van der Waals surface area contributed by atoms with Gasteiger partial charge >= 0.3 is 7.05 Å². The molecule has 0 aromatic rings. The van der Waals surface area contributed by atoms with Crippen molar-refractivity contribution in [3.8, 4) is 0 Å². The second-order valence-corrected chi connectivity index (χ2v) is 4.99. The van der Waals surface area contributed by atoms with E-state index in [9.17, 15) is 10.1 Å². The zero-order valence-corrected chi connectivity index (χ0v) is 9.53. The summed E-state index contributed by atoms with van der Waals surface area (Å²) < 4.78 is 0. The van der Waals surface area contributed by atoms with Crippen LogP contribution in [-0.4, -0.2) is 40.7 Å². The predicted octanol–water partition coefficient (Wildman–Crippen LogP) is 0.970. The number of piperidine rings is 1. The third kappa shape index (κ3) is 3.26. The lowest BCUT2D eigenvalue weighted by molar-refractivity contribution is -0.0243. The molecule has 1 rings (SSSR count). The van der Waals surface area contributed by atoms with Gasteiger partial charge in [-0.05, 0) is 45.1 Å². The molecule has 0 aromatic heterocycles. The molecule has 0 amide bonds. The minimum atomic E-state index is -0.487. The van der Waals surface area contributed by atoms with Crippen molar-refractivity contribution in [3.05, 3.63) is 0 Å². The lowest BCUT2D eigenvalue weighted by Gasteiger charge is -2.39. The van der Waals surface area contributed by atoms with Gasteiger partial charge < -0.3 is 14.9 Å². The lowest BCUT2D eigenvalue weighted by atomic mass is 9.77. The van der Waals surface area contributed by atoms with Crippen LogP contribution in [0.5, 0.6) is 0 Å². The van der Waals surface area contributed by atoms with Crippen LogP contribution in [0.2, 0.25) is 6.82 Å². The molecule has 0 radical (unpaired) electrons. The van der Waals surface area contributed by atoms with Gasteiger partial charge in [-0.3, -0.25) is 0 Å². The van der Waals surface area contributed by atoms with E-state index >= 15 is 0 Å². The summed E-state index contributed by atoms with van der Waals surface area (Å²) in [5.74, 6) is 0.540. The highest BCUT2D eigenvalue weighted by Crippen LogP contribution is 2.28. The summed E-state index contributed by atoms with van der Waals surface area (Å²) in [4.78, 5) is 2.01. The van der Waals surface area contributed by atoms with Crippen molar-refractivity contribution < 1.29 is 10.1 Å². The molecular weight excluding hydrogens is 177 g/mol. The van der Waals surface area contributed by atoms with Crippen molar-refractivity contribution in [2.75, 3.05) is 13.1 Å². The van der Waals surface area contributed by atoms with Crippen molar-refractivity contribution in [1.82, 2.24) is 4.81 Å². The van der Waals surface area contributed by atoms with E-state index in [1.165, 1.54) is 0 Å². The minimum absolute atomic E-state index is 0.376. The number of hydrogen-bond donors (Lipinski definition) is 2. The van der Waals surface area contributed by atoms with Gasteiger partial charge in [0.25, 0.3) is 0 Å². The lowest BCUT2D eigenvalue weighted by Crippen LogP contribution is -2.49. The van der Waals surface area contributed by atoms with Crippen molar-refractivity contribution in [1.29, 1.82) is 0 Å². The predicted molar refractivity (Wildman–Crippen MR) is 59.0 cm³/mol. The van der Waals surface area contributed by atoms with E-state index in [-0.39, 0.29) is 7.05 Å². The molecule has 3 nitrogen and oxygen atoms in total. The molecule has 0 aromatic carbocycles. The molecule has 0 unspecified atom stereocenters. The maximum atomic E-state index is 10.2. The van der Waals surface area contributed by atoms with Gasteiger partial charge in [-0.2, -0.15) is 0 Å². The third-order valence-corrected chi connectivity index (χ3v) is 3.05. The Morgan fingerprint density at radius 3 is 2.21 bits per heavy atom. The summed E-state index contributed by atoms with van der Waals surface area (Å²) in [5.41, 5.74) is -0.487. The van der Waals surface area contributed by atoms with E-state index in [0.29, 0.717) is 5.92 Å². The highest BCUT2D eigenvalue weighted by molar-refractivity contribution is 6.45. The Labute approximate surface area is 87.2 Å². The highest BCUT2D eigenvalue weighted by atomic mass is 16.3. The van der Waals surface area contributed by atoms with Gasteiger partial charge in [0.1, 0.15) is 0 Å². The summed E-state index contributed by atoms with van der Waals surface area (Å²) in [6.07, 6.45) is 2.45. The second kappa shape index (κ2) is 4.64. The molecule has 1 aliphatic rings. The first-order chi connectivity index (χ1) is 6.43. The Kier molecular flexibility index (Phi) is 3.99. The first kappa shape index (κ1) is 12.0. The molecule has 0 spiro atoms. The summed E-state index contributed by atoms with van der Waals surface area (Å²) in [6, 6.07) is 0. The molecule has 4 heteroatoms. The molecule has 0 saturated carbocycles. The Hall–Kier alpha value is -0.0551. The van der Waals surface area contributed by atoms with E-state index in [1.807, 2.05) is 4.81 Å². The van der Waals surface area contributed by atoms with Crippen LogP contribution in [0.15, 0.2) is 0 Å². The quantitative estimate of drug-likeness (QED) is 0.665. The number of aliphatic hydroxyl groups is 1. The Bertz CT molecular complexity index is 177. The molecule has 82 valence electrons. The summed E-state index contributed by atoms with van der Waals surface area (Å²) >= 11 is 0. The van der Waals surface area contributed by atoms with Crippen molar-refractivity contribution in [2.45, 2.75) is 45.5 Å². The van der Waals surface area contributed by atoms with E-state index in [1.54, 1.807) is 6.82 Å². The Balaban J connectivity index is 2.41. The van der Waals surface area contributed by atoms with Crippen LogP contribution < -0.4 is 0 Å². The van der Waals surface area contributed by atoms with Crippen LogP contribution in [0.3, 0.4) is 0 Å². The van der Waals surface area contributed by atoms with Gasteiger partial charge in [0.2, 0.25) is 0 Å². The topological polar surface area (TPSA) is 43.7 Å². The zero-order valence-electron chi connectivity index (χ0n) is 9.53. The van der Waals surface area contributed by atoms with Crippen molar-refractivity contribution >= 4 is 7.05 Å². The largest absolute Gasteiger partial charge is 0.437 e. The van der Waals surface area contributed by atoms with Crippen LogP contribution in [0.4, 0.5) is 0 Å². The molecule has 0 aliphatic carbocycles. The monoisotopic (exact) mass is 199 g/mol. The number of rotatable bonds is 3. The molecule has 2 N–H and O–H groups in total. The molecule has 14 heavy (non-hydrogen) atoms. The highest BCUT2D eigenvalue weighted by Gasteiger charge is 2.34. The molecule has 1 aliphatic heterocycles. The summed E-state index contributed by atoms with van der Waals surface area (Å²) in [6.45, 7) is 7.67. The van der Waals surface area contributed by atoms with E-state index in [4.69, 9.17) is 0 Å². The average Bonchev–Trinajstić information content (AvgIpc) is 2.02. The zero-order chi connectivity index (χ0) is 10.8. The van der Waals surface area contributed by atoms with Crippen LogP contribution >= 0.6 is 0 Å². The van der Waals surface area contributed by atoms with E-state index in [2.05, 4.69) is 13.8 Å². The fraction of sp³-hybridized carbons (Fsp3) is 1.00. The summed E-state index contributed by atoms with van der Waals surface area (Å²) in [7, 11) is -0.376. The second-order valence-electron chi connectivity index (χ2n) is 4.99. The van der Waals surface area contributed by atoms with E-state index in [0.717, 1.165) is 32.4 Å². The van der Waals surface area contributed by atoms with Crippen LogP contribution in [0, 0.1) is 5.92 Å². The molecule has 1 heterocycles. The van der Waals surface area contributed by atoms with Gasteiger partial charge in [0, 0.05) is 0 Å². The van der Waals surface area contributed by atoms with Gasteiger partial charge in [-0.15, -0.1) is 0 Å². The molecule has 0 atom stereocenters. The Morgan fingerprint density at radius 1 is 1.36 bits per heavy atom. The van der Waals surface area contributed by atoms with Gasteiger partial charge in [-0.25, -0.2) is 0 Å². The van der Waals surface area contributed by atoms with E-state index < -0.39 is 5.60 Å². The number of hydrogen-bond acceptors (Lipinski definition) is 3. The SMILES string of the molecule is CB(O)N1CCC(O)(CC(C)C)CC1.